The van der Waals surface area contributed by atoms with Gasteiger partial charge < -0.3 is 9.84 Å². The molecular weight excluding hydrogens is 254 g/mol. The number of para-hydroxylation sites is 1. The lowest BCUT2D eigenvalue weighted by Crippen LogP contribution is -2.41. The van der Waals surface area contributed by atoms with E-state index in [0.717, 1.165) is 16.8 Å². The Bertz CT molecular complexity index is 455. The summed E-state index contributed by atoms with van der Waals surface area (Å²) in [6.07, 6.45) is -1.06. The number of aliphatic hydroxyl groups is 1. The normalized spacial score (nSPS) is 12.9. The first-order chi connectivity index (χ1) is 9.11. The molecule has 0 aromatic heterocycles. The van der Waals surface area contributed by atoms with Gasteiger partial charge in [-0.15, -0.1) is 0 Å². The Kier molecular flexibility index (Phi) is 5.17. The van der Waals surface area contributed by atoms with Crippen LogP contribution in [-0.2, 0) is 4.74 Å². The first-order valence-electron chi connectivity index (χ1n) is 6.86. The number of aliphatic hydroxyl groups excluding tert-OH is 1. The highest BCUT2D eigenvalue weighted by Crippen LogP contribution is 2.26. The van der Waals surface area contributed by atoms with E-state index in [1.165, 1.54) is 4.90 Å². The third kappa shape index (κ3) is 4.53. The number of hydrogen-bond donors (Lipinski definition) is 1. The number of carbonyl (C=O) groups excluding carboxylic acids is 1. The summed E-state index contributed by atoms with van der Waals surface area (Å²) in [7, 11) is 0. The van der Waals surface area contributed by atoms with Gasteiger partial charge in [-0.1, -0.05) is 18.2 Å². The van der Waals surface area contributed by atoms with Crippen LogP contribution in [0.5, 0.6) is 0 Å². The fourth-order valence-corrected chi connectivity index (χ4v) is 2.07. The summed E-state index contributed by atoms with van der Waals surface area (Å²) in [6, 6.07) is 5.84. The quantitative estimate of drug-likeness (QED) is 0.922. The SMILES string of the molecule is Cc1cccc(C)c1N(CC(C)O)C(=O)OC(C)(C)C. The highest BCUT2D eigenvalue weighted by molar-refractivity contribution is 5.90. The lowest BCUT2D eigenvalue weighted by Gasteiger charge is -2.30. The van der Waals surface area contributed by atoms with Gasteiger partial charge in [0.25, 0.3) is 0 Å². The smallest absolute Gasteiger partial charge is 0.414 e. The van der Waals surface area contributed by atoms with Gasteiger partial charge >= 0.3 is 6.09 Å². The van der Waals surface area contributed by atoms with Crippen molar-refractivity contribution in [3.8, 4) is 0 Å². The Hall–Kier alpha value is -1.55. The third-order valence-corrected chi connectivity index (χ3v) is 2.77. The van der Waals surface area contributed by atoms with Crippen molar-refractivity contribution in [1.82, 2.24) is 0 Å². The third-order valence-electron chi connectivity index (χ3n) is 2.77. The van der Waals surface area contributed by atoms with Gasteiger partial charge in [0.2, 0.25) is 0 Å². The number of aryl methyl sites for hydroxylation is 2. The van der Waals surface area contributed by atoms with Crippen LogP contribution in [-0.4, -0.2) is 29.4 Å². The van der Waals surface area contributed by atoms with Gasteiger partial charge in [0.15, 0.2) is 0 Å². The molecule has 4 nitrogen and oxygen atoms in total. The number of rotatable bonds is 3. The van der Waals surface area contributed by atoms with E-state index in [9.17, 15) is 9.90 Å². The van der Waals surface area contributed by atoms with Crippen molar-refractivity contribution < 1.29 is 14.6 Å². The molecule has 0 aliphatic heterocycles. The van der Waals surface area contributed by atoms with E-state index in [1.54, 1.807) is 6.92 Å². The largest absolute Gasteiger partial charge is 0.443 e. The molecule has 1 unspecified atom stereocenters. The number of hydrogen-bond acceptors (Lipinski definition) is 3. The lowest BCUT2D eigenvalue weighted by molar-refractivity contribution is 0.0559. The van der Waals surface area contributed by atoms with Gasteiger partial charge in [0.1, 0.15) is 5.60 Å². The van der Waals surface area contributed by atoms with Crippen LogP contribution in [0.4, 0.5) is 10.5 Å². The molecule has 1 amide bonds. The fraction of sp³-hybridized carbons (Fsp3) is 0.562. The van der Waals surface area contributed by atoms with E-state index in [2.05, 4.69) is 0 Å². The summed E-state index contributed by atoms with van der Waals surface area (Å²) >= 11 is 0. The van der Waals surface area contributed by atoms with Gasteiger partial charge in [-0.05, 0) is 52.7 Å². The topological polar surface area (TPSA) is 49.8 Å². The highest BCUT2D eigenvalue weighted by atomic mass is 16.6. The average Bonchev–Trinajstić information content (AvgIpc) is 2.24. The van der Waals surface area contributed by atoms with Crippen LogP contribution in [0.3, 0.4) is 0 Å². The van der Waals surface area contributed by atoms with E-state index < -0.39 is 17.8 Å². The molecular formula is C16H25NO3. The molecule has 1 aromatic carbocycles. The minimum atomic E-state index is -0.624. The Morgan fingerprint density at radius 3 is 2.20 bits per heavy atom. The zero-order chi connectivity index (χ0) is 15.5. The van der Waals surface area contributed by atoms with Crippen LogP contribution >= 0.6 is 0 Å². The van der Waals surface area contributed by atoms with E-state index in [1.807, 2.05) is 52.8 Å². The molecule has 0 saturated heterocycles. The fourth-order valence-electron chi connectivity index (χ4n) is 2.07. The molecule has 0 heterocycles. The number of anilines is 1. The van der Waals surface area contributed by atoms with Gasteiger partial charge in [-0.25, -0.2) is 4.79 Å². The minimum absolute atomic E-state index is 0.209. The number of ether oxygens (including phenoxy) is 1. The van der Waals surface area contributed by atoms with Crippen molar-refractivity contribution in [1.29, 1.82) is 0 Å². The van der Waals surface area contributed by atoms with Gasteiger partial charge in [0, 0.05) is 0 Å². The van der Waals surface area contributed by atoms with E-state index in [4.69, 9.17) is 4.74 Å². The number of amides is 1. The van der Waals surface area contributed by atoms with Gasteiger partial charge in [-0.2, -0.15) is 0 Å². The van der Waals surface area contributed by atoms with E-state index >= 15 is 0 Å². The van der Waals surface area contributed by atoms with Gasteiger partial charge in [0.05, 0.1) is 18.3 Å². The van der Waals surface area contributed by atoms with Crippen LogP contribution < -0.4 is 4.90 Å². The van der Waals surface area contributed by atoms with Crippen LogP contribution in [0.25, 0.3) is 0 Å². The first kappa shape index (κ1) is 16.5. The molecule has 1 atom stereocenters. The van der Waals surface area contributed by atoms with Crippen molar-refractivity contribution in [3.05, 3.63) is 29.3 Å². The molecule has 0 radical (unpaired) electrons. The molecule has 4 heteroatoms. The zero-order valence-electron chi connectivity index (χ0n) is 13.2. The summed E-state index contributed by atoms with van der Waals surface area (Å²) in [6.45, 7) is 11.2. The van der Waals surface area contributed by atoms with Crippen LogP contribution in [0.15, 0.2) is 18.2 Å². The standard InChI is InChI=1S/C16H25NO3/c1-11-8-7-9-12(2)14(11)17(10-13(3)18)15(19)20-16(4,5)6/h7-9,13,18H,10H2,1-6H3. The molecule has 1 aromatic rings. The molecule has 1 N–H and O–H groups in total. The minimum Gasteiger partial charge on any atom is -0.443 e. The molecule has 0 fully saturated rings. The summed E-state index contributed by atoms with van der Waals surface area (Å²) in [5.74, 6) is 0. The molecule has 20 heavy (non-hydrogen) atoms. The maximum Gasteiger partial charge on any atom is 0.414 e. The van der Waals surface area contributed by atoms with Crippen LogP contribution in [0, 0.1) is 13.8 Å². The van der Waals surface area contributed by atoms with E-state index in [-0.39, 0.29) is 6.54 Å². The molecule has 0 saturated carbocycles. The molecule has 0 aliphatic carbocycles. The first-order valence-corrected chi connectivity index (χ1v) is 6.86. The molecule has 0 spiro atoms. The second-order valence-corrected chi connectivity index (χ2v) is 6.18. The lowest BCUT2D eigenvalue weighted by atomic mass is 10.1. The van der Waals surface area contributed by atoms with Crippen molar-refractivity contribution in [2.45, 2.75) is 53.2 Å². The van der Waals surface area contributed by atoms with Crippen LogP contribution in [0.1, 0.15) is 38.8 Å². The zero-order valence-corrected chi connectivity index (χ0v) is 13.2. The maximum atomic E-state index is 12.4. The Morgan fingerprint density at radius 1 is 1.30 bits per heavy atom. The summed E-state index contributed by atoms with van der Waals surface area (Å²) < 4.78 is 5.44. The van der Waals surface area contributed by atoms with Gasteiger partial charge in [-0.3, -0.25) is 4.90 Å². The van der Waals surface area contributed by atoms with Crippen molar-refractivity contribution in [2.24, 2.45) is 0 Å². The Balaban J connectivity index is 3.16. The predicted molar refractivity (Wildman–Crippen MR) is 81.2 cm³/mol. The Labute approximate surface area is 121 Å². The molecule has 0 bridgehead atoms. The Morgan fingerprint density at radius 2 is 1.80 bits per heavy atom. The van der Waals surface area contributed by atoms with Crippen molar-refractivity contribution >= 4 is 11.8 Å². The molecule has 1 rings (SSSR count). The average molecular weight is 279 g/mol. The second kappa shape index (κ2) is 6.27. The second-order valence-electron chi connectivity index (χ2n) is 6.18. The molecule has 0 aliphatic rings. The van der Waals surface area contributed by atoms with Crippen molar-refractivity contribution in [2.75, 3.05) is 11.4 Å². The number of nitrogens with zero attached hydrogens (tertiary/aromatic N) is 1. The number of carbonyl (C=O) groups is 1. The maximum absolute atomic E-state index is 12.4. The monoisotopic (exact) mass is 279 g/mol. The summed E-state index contributed by atoms with van der Waals surface area (Å²) in [4.78, 5) is 13.9. The predicted octanol–water partition coefficient (Wildman–Crippen LogP) is 3.43. The summed E-state index contributed by atoms with van der Waals surface area (Å²) in [5.41, 5.74) is 2.21. The molecule has 112 valence electrons. The van der Waals surface area contributed by atoms with Crippen molar-refractivity contribution in [3.63, 3.8) is 0 Å². The summed E-state index contributed by atoms with van der Waals surface area (Å²) in [5, 5.41) is 9.66. The van der Waals surface area contributed by atoms with E-state index in [0.29, 0.717) is 0 Å². The van der Waals surface area contributed by atoms with Crippen LogP contribution in [0.2, 0.25) is 0 Å². The highest BCUT2D eigenvalue weighted by Gasteiger charge is 2.26. The number of benzene rings is 1.